The summed E-state index contributed by atoms with van der Waals surface area (Å²) < 4.78 is 10.6. The highest BCUT2D eigenvalue weighted by Gasteiger charge is 2.11. The highest BCUT2D eigenvalue weighted by atomic mass is 16.5. The lowest BCUT2D eigenvalue weighted by atomic mass is 10.0. The van der Waals surface area contributed by atoms with Gasteiger partial charge >= 0.3 is 0 Å². The largest absolute Gasteiger partial charge is 0.496 e. The first-order valence-electron chi connectivity index (χ1n) is 4.99. The zero-order valence-corrected chi connectivity index (χ0v) is 9.57. The van der Waals surface area contributed by atoms with E-state index in [4.69, 9.17) is 14.9 Å². The first-order valence-corrected chi connectivity index (χ1v) is 4.99. The highest BCUT2D eigenvalue weighted by Crippen LogP contribution is 2.31. The molecule has 2 aromatic rings. The lowest BCUT2D eigenvalue weighted by Gasteiger charge is -2.10. The van der Waals surface area contributed by atoms with Gasteiger partial charge in [0.05, 0.1) is 13.3 Å². The molecule has 0 saturated heterocycles. The summed E-state index contributed by atoms with van der Waals surface area (Å²) in [6, 6.07) is 4.04. The highest BCUT2D eigenvalue weighted by molar-refractivity contribution is 5.65. The molecule has 0 saturated carbocycles. The van der Waals surface area contributed by atoms with Gasteiger partial charge in [0.15, 0.2) is 5.76 Å². The minimum atomic E-state index is 0.183. The molecule has 0 fully saturated rings. The van der Waals surface area contributed by atoms with Crippen molar-refractivity contribution in [3.05, 3.63) is 29.5 Å². The van der Waals surface area contributed by atoms with Crippen LogP contribution in [0.3, 0.4) is 0 Å². The second-order valence-corrected chi connectivity index (χ2v) is 3.63. The van der Waals surface area contributed by atoms with E-state index in [0.29, 0.717) is 5.76 Å². The maximum atomic E-state index is 5.46. The van der Waals surface area contributed by atoms with Gasteiger partial charge in [-0.25, -0.2) is 4.98 Å². The Labute approximate surface area is 94.1 Å². The van der Waals surface area contributed by atoms with Gasteiger partial charge in [-0.15, -0.1) is 0 Å². The molecule has 1 heterocycles. The number of hydrogen-bond donors (Lipinski definition) is 1. The number of nitrogen functional groups attached to an aromatic ring is 1. The number of anilines is 1. The second-order valence-electron chi connectivity index (χ2n) is 3.63. The number of methoxy groups -OCH3 is 1. The van der Waals surface area contributed by atoms with Crippen LogP contribution in [-0.2, 0) is 0 Å². The van der Waals surface area contributed by atoms with Crippen molar-refractivity contribution in [3.8, 4) is 17.1 Å². The van der Waals surface area contributed by atoms with Crippen LogP contribution in [0, 0.1) is 13.8 Å². The molecule has 0 unspecified atom stereocenters. The molecule has 2 rings (SSSR count). The second kappa shape index (κ2) is 3.89. The molecule has 0 amide bonds. The van der Waals surface area contributed by atoms with Crippen LogP contribution in [0.5, 0.6) is 5.75 Å². The van der Waals surface area contributed by atoms with Gasteiger partial charge in [-0.2, -0.15) is 0 Å². The van der Waals surface area contributed by atoms with E-state index in [-0.39, 0.29) is 6.01 Å². The van der Waals surface area contributed by atoms with E-state index in [1.807, 2.05) is 26.0 Å². The Hall–Kier alpha value is -1.97. The van der Waals surface area contributed by atoms with E-state index in [9.17, 15) is 0 Å². The predicted octanol–water partition coefficient (Wildman–Crippen LogP) is 2.55. The average Bonchev–Trinajstić information content (AvgIpc) is 2.69. The van der Waals surface area contributed by atoms with Crippen molar-refractivity contribution in [2.24, 2.45) is 0 Å². The molecular formula is C12H14N2O2. The molecular weight excluding hydrogens is 204 g/mol. The van der Waals surface area contributed by atoms with Gasteiger partial charge in [0.2, 0.25) is 0 Å². The van der Waals surface area contributed by atoms with Crippen LogP contribution in [-0.4, -0.2) is 12.1 Å². The molecule has 0 radical (unpaired) electrons. The normalized spacial score (nSPS) is 10.4. The number of ether oxygens (including phenoxy) is 1. The van der Waals surface area contributed by atoms with Crippen molar-refractivity contribution in [3.63, 3.8) is 0 Å². The van der Waals surface area contributed by atoms with E-state index in [0.717, 1.165) is 22.4 Å². The van der Waals surface area contributed by atoms with Gasteiger partial charge in [0, 0.05) is 5.56 Å². The average molecular weight is 218 g/mol. The number of aromatic nitrogens is 1. The van der Waals surface area contributed by atoms with E-state index < -0.39 is 0 Å². The fraction of sp³-hybridized carbons (Fsp3) is 0.250. The molecule has 0 spiro atoms. The molecule has 4 heteroatoms. The van der Waals surface area contributed by atoms with Crippen molar-refractivity contribution in [2.45, 2.75) is 13.8 Å². The van der Waals surface area contributed by atoms with Crippen LogP contribution < -0.4 is 10.5 Å². The summed E-state index contributed by atoms with van der Waals surface area (Å²) in [5.74, 6) is 1.55. The maximum absolute atomic E-state index is 5.46. The van der Waals surface area contributed by atoms with Crippen molar-refractivity contribution >= 4 is 6.01 Å². The first kappa shape index (κ1) is 10.5. The van der Waals surface area contributed by atoms with E-state index in [2.05, 4.69) is 4.98 Å². The van der Waals surface area contributed by atoms with E-state index in [1.165, 1.54) is 0 Å². The molecule has 1 aromatic carbocycles. The number of oxazole rings is 1. The van der Waals surface area contributed by atoms with Crippen molar-refractivity contribution in [2.75, 3.05) is 12.8 Å². The molecule has 1 aromatic heterocycles. The Morgan fingerprint density at radius 2 is 2.00 bits per heavy atom. The fourth-order valence-electron chi connectivity index (χ4n) is 1.70. The Balaban J connectivity index is 2.55. The SMILES string of the molecule is COc1ccc(-c2cnc(N)o2)c(C)c1C. The third-order valence-corrected chi connectivity index (χ3v) is 2.75. The van der Waals surface area contributed by atoms with Gasteiger partial charge in [-0.1, -0.05) is 0 Å². The monoisotopic (exact) mass is 218 g/mol. The van der Waals surface area contributed by atoms with E-state index >= 15 is 0 Å². The summed E-state index contributed by atoms with van der Waals surface area (Å²) in [4.78, 5) is 3.89. The molecule has 0 atom stereocenters. The van der Waals surface area contributed by atoms with Crippen LogP contribution in [0.4, 0.5) is 6.01 Å². The van der Waals surface area contributed by atoms with Crippen molar-refractivity contribution in [1.29, 1.82) is 0 Å². The standard InChI is InChI=1S/C12H14N2O2/c1-7-8(2)10(15-3)5-4-9(7)11-6-14-12(13)16-11/h4-6H,1-3H3,(H2,13,14). The zero-order chi connectivity index (χ0) is 11.7. The summed E-state index contributed by atoms with van der Waals surface area (Å²) in [6.07, 6.45) is 1.63. The number of rotatable bonds is 2. The Morgan fingerprint density at radius 1 is 1.25 bits per heavy atom. The summed E-state index contributed by atoms with van der Waals surface area (Å²) >= 11 is 0. The Kier molecular flexibility index (Phi) is 2.56. The zero-order valence-electron chi connectivity index (χ0n) is 9.57. The Bertz CT molecular complexity index is 518. The summed E-state index contributed by atoms with van der Waals surface area (Å²) in [6.45, 7) is 4.03. The lowest BCUT2D eigenvalue weighted by Crippen LogP contribution is -1.92. The number of benzene rings is 1. The quantitative estimate of drug-likeness (QED) is 0.841. The van der Waals surface area contributed by atoms with Gasteiger partial charge in [-0.05, 0) is 37.1 Å². The van der Waals surface area contributed by atoms with Crippen LogP contribution in [0.2, 0.25) is 0 Å². The van der Waals surface area contributed by atoms with Crippen LogP contribution in [0.15, 0.2) is 22.7 Å². The molecule has 84 valence electrons. The van der Waals surface area contributed by atoms with Crippen LogP contribution >= 0.6 is 0 Å². The van der Waals surface area contributed by atoms with Gasteiger partial charge in [-0.3, -0.25) is 0 Å². The van der Waals surface area contributed by atoms with Crippen molar-refractivity contribution in [1.82, 2.24) is 4.98 Å². The number of nitrogens with two attached hydrogens (primary N) is 1. The summed E-state index contributed by atoms with van der Waals surface area (Å²) in [5.41, 5.74) is 8.65. The molecule has 0 bridgehead atoms. The predicted molar refractivity (Wildman–Crippen MR) is 62.4 cm³/mol. The van der Waals surface area contributed by atoms with Crippen LogP contribution in [0.25, 0.3) is 11.3 Å². The van der Waals surface area contributed by atoms with Gasteiger partial charge < -0.3 is 14.9 Å². The minimum Gasteiger partial charge on any atom is -0.496 e. The third-order valence-electron chi connectivity index (χ3n) is 2.75. The number of hydrogen-bond acceptors (Lipinski definition) is 4. The molecule has 16 heavy (non-hydrogen) atoms. The fourth-order valence-corrected chi connectivity index (χ4v) is 1.70. The van der Waals surface area contributed by atoms with Crippen LogP contribution in [0.1, 0.15) is 11.1 Å². The molecule has 0 aliphatic carbocycles. The van der Waals surface area contributed by atoms with E-state index in [1.54, 1.807) is 13.3 Å². The molecule has 0 aliphatic heterocycles. The topological polar surface area (TPSA) is 61.3 Å². The third kappa shape index (κ3) is 1.62. The van der Waals surface area contributed by atoms with Gasteiger partial charge in [0.1, 0.15) is 5.75 Å². The van der Waals surface area contributed by atoms with Gasteiger partial charge in [0.25, 0.3) is 6.01 Å². The van der Waals surface area contributed by atoms with Crippen molar-refractivity contribution < 1.29 is 9.15 Å². The Morgan fingerprint density at radius 3 is 2.56 bits per heavy atom. The molecule has 0 aliphatic rings. The lowest BCUT2D eigenvalue weighted by molar-refractivity contribution is 0.411. The first-order chi connectivity index (χ1) is 7.63. The summed E-state index contributed by atoms with van der Waals surface area (Å²) in [7, 11) is 1.66. The molecule has 2 N–H and O–H groups in total. The smallest absolute Gasteiger partial charge is 0.292 e. The minimum absolute atomic E-state index is 0.183. The number of nitrogens with zero attached hydrogens (tertiary/aromatic N) is 1. The summed E-state index contributed by atoms with van der Waals surface area (Å²) in [5, 5.41) is 0. The molecule has 4 nitrogen and oxygen atoms in total. The maximum Gasteiger partial charge on any atom is 0.292 e.